The van der Waals surface area contributed by atoms with Gasteiger partial charge in [-0.15, -0.1) is 0 Å². The standard InChI is InChI=1S/C12H15NO4/c1-7(2)11(17-12(13)16)10(15)8-3-5-9(14)6-4-8/h3-7,11,14H,1-2H3,(H2,13,16)/t11-/m0/s1. The first-order valence-corrected chi connectivity index (χ1v) is 5.21. The lowest BCUT2D eigenvalue weighted by Crippen LogP contribution is -2.34. The Morgan fingerprint density at radius 1 is 1.24 bits per heavy atom. The van der Waals surface area contributed by atoms with Crippen molar-refractivity contribution in [2.75, 3.05) is 0 Å². The molecule has 0 aliphatic rings. The second-order valence-electron chi connectivity index (χ2n) is 4.01. The van der Waals surface area contributed by atoms with Crippen LogP contribution in [0.5, 0.6) is 5.75 Å². The van der Waals surface area contributed by atoms with E-state index in [-0.39, 0.29) is 17.5 Å². The average molecular weight is 237 g/mol. The number of rotatable bonds is 4. The summed E-state index contributed by atoms with van der Waals surface area (Å²) < 4.78 is 4.79. The Morgan fingerprint density at radius 3 is 2.18 bits per heavy atom. The van der Waals surface area contributed by atoms with Gasteiger partial charge in [-0.25, -0.2) is 4.79 Å². The molecule has 0 aliphatic carbocycles. The highest BCUT2D eigenvalue weighted by molar-refractivity contribution is 6.00. The quantitative estimate of drug-likeness (QED) is 0.780. The van der Waals surface area contributed by atoms with Gasteiger partial charge < -0.3 is 15.6 Å². The molecule has 1 aromatic carbocycles. The Hall–Kier alpha value is -2.04. The molecule has 0 fully saturated rings. The molecule has 1 atom stereocenters. The van der Waals surface area contributed by atoms with Crippen molar-refractivity contribution >= 4 is 11.9 Å². The number of carbonyl (C=O) groups excluding carboxylic acids is 2. The average Bonchev–Trinajstić information content (AvgIpc) is 2.25. The summed E-state index contributed by atoms with van der Waals surface area (Å²) in [6.07, 6.45) is -1.88. The van der Waals surface area contributed by atoms with E-state index in [1.807, 2.05) is 0 Å². The number of aromatic hydroxyl groups is 1. The van der Waals surface area contributed by atoms with Crippen LogP contribution in [-0.2, 0) is 4.74 Å². The van der Waals surface area contributed by atoms with Crippen molar-refractivity contribution in [1.29, 1.82) is 0 Å². The van der Waals surface area contributed by atoms with Crippen LogP contribution < -0.4 is 5.73 Å². The van der Waals surface area contributed by atoms with E-state index in [0.717, 1.165) is 0 Å². The molecule has 92 valence electrons. The second-order valence-corrected chi connectivity index (χ2v) is 4.01. The van der Waals surface area contributed by atoms with Gasteiger partial charge in [-0.05, 0) is 30.2 Å². The van der Waals surface area contributed by atoms with Gasteiger partial charge in [0.05, 0.1) is 0 Å². The highest BCUT2D eigenvalue weighted by Crippen LogP contribution is 2.16. The lowest BCUT2D eigenvalue weighted by Gasteiger charge is -2.18. The predicted molar refractivity (Wildman–Crippen MR) is 61.7 cm³/mol. The third kappa shape index (κ3) is 3.48. The summed E-state index contributed by atoms with van der Waals surface area (Å²) in [6.45, 7) is 3.51. The van der Waals surface area contributed by atoms with E-state index < -0.39 is 12.2 Å². The summed E-state index contributed by atoms with van der Waals surface area (Å²) in [4.78, 5) is 22.7. The van der Waals surface area contributed by atoms with Crippen LogP contribution in [0.25, 0.3) is 0 Å². The molecule has 0 unspecified atom stereocenters. The van der Waals surface area contributed by atoms with Crippen LogP contribution >= 0.6 is 0 Å². The zero-order valence-electron chi connectivity index (χ0n) is 9.71. The zero-order valence-corrected chi connectivity index (χ0v) is 9.71. The smallest absolute Gasteiger partial charge is 0.405 e. The SMILES string of the molecule is CC(C)[C@H](OC(N)=O)C(=O)c1ccc(O)cc1. The molecule has 0 aromatic heterocycles. The lowest BCUT2D eigenvalue weighted by molar-refractivity contribution is 0.0536. The van der Waals surface area contributed by atoms with Crippen LogP contribution in [0.2, 0.25) is 0 Å². The Bertz CT molecular complexity index is 411. The van der Waals surface area contributed by atoms with Crippen molar-refractivity contribution in [3.63, 3.8) is 0 Å². The number of Topliss-reactive ketones (excluding diaryl/α,β-unsaturated/α-hetero) is 1. The Labute approximate surface area is 99.2 Å². The zero-order chi connectivity index (χ0) is 13.0. The first-order valence-electron chi connectivity index (χ1n) is 5.21. The highest BCUT2D eigenvalue weighted by atomic mass is 16.6. The van der Waals surface area contributed by atoms with Gasteiger partial charge in [-0.2, -0.15) is 0 Å². The molecule has 1 aromatic rings. The van der Waals surface area contributed by atoms with Crippen molar-refractivity contribution in [3.8, 4) is 5.75 Å². The van der Waals surface area contributed by atoms with Gasteiger partial charge in [0.15, 0.2) is 6.10 Å². The topological polar surface area (TPSA) is 89.6 Å². The number of primary amides is 1. The molecule has 1 rings (SSSR count). The molecule has 5 heteroatoms. The number of phenolic OH excluding ortho intramolecular Hbond substituents is 1. The van der Waals surface area contributed by atoms with Crippen LogP contribution in [-0.4, -0.2) is 23.1 Å². The van der Waals surface area contributed by atoms with Crippen molar-refractivity contribution in [1.82, 2.24) is 0 Å². The number of hydrogen-bond donors (Lipinski definition) is 2. The number of carbonyl (C=O) groups is 2. The summed E-state index contributed by atoms with van der Waals surface area (Å²) in [5, 5.41) is 9.11. The maximum atomic E-state index is 12.0. The monoisotopic (exact) mass is 237 g/mol. The lowest BCUT2D eigenvalue weighted by atomic mass is 9.97. The van der Waals surface area contributed by atoms with Gasteiger partial charge in [0.1, 0.15) is 5.75 Å². The van der Waals surface area contributed by atoms with Crippen LogP contribution in [0.4, 0.5) is 4.79 Å². The van der Waals surface area contributed by atoms with E-state index in [1.165, 1.54) is 24.3 Å². The number of hydrogen-bond acceptors (Lipinski definition) is 4. The number of benzene rings is 1. The van der Waals surface area contributed by atoms with Crippen LogP contribution in [0.15, 0.2) is 24.3 Å². The summed E-state index contributed by atoms with van der Waals surface area (Å²) in [7, 11) is 0. The predicted octanol–water partition coefficient (Wildman–Crippen LogP) is 1.69. The van der Waals surface area contributed by atoms with Gasteiger partial charge in [0.25, 0.3) is 0 Å². The third-order valence-electron chi connectivity index (χ3n) is 2.26. The van der Waals surface area contributed by atoms with E-state index in [4.69, 9.17) is 15.6 Å². The minimum atomic E-state index is -0.976. The fourth-order valence-corrected chi connectivity index (χ4v) is 1.41. The van der Waals surface area contributed by atoms with Gasteiger partial charge >= 0.3 is 6.09 Å². The van der Waals surface area contributed by atoms with Crippen LogP contribution in [0.3, 0.4) is 0 Å². The summed E-state index contributed by atoms with van der Waals surface area (Å²) in [6, 6.07) is 5.73. The van der Waals surface area contributed by atoms with Gasteiger partial charge in [0, 0.05) is 5.56 Å². The van der Waals surface area contributed by atoms with Gasteiger partial charge in [0.2, 0.25) is 5.78 Å². The molecule has 3 N–H and O–H groups in total. The Kier molecular flexibility index (Phi) is 4.09. The van der Waals surface area contributed by atoms with Gasteiger partial charge in [-0.3, -0.25) is 4.79 Å². The van der Waals surface area contributed by atoms with E-state index >= 15 is 0 Å². The molecular formula is C12H15NO4. The molecule has 1 amide bonds. The third-order valence-corrected chi connectivity index (χ3v) is 2.26. The second kappa shape index (κ2) is 5.34. The number of nitrogens with two attached hydrogens (primary N) is 1. The molecule has 0 saturated carbocycles. The van der Waals surface area contributed by atoms with Crippen LogP contribution in [0, 0.1) is 5.92 Å². The van der Waals surface area contributed by atoms with E-state index in [2.05, 4.69) is 0 Å². The van der Waals surface area contributed by atoms with E-state index in [0.29, 0.717) is 5.56 Å². The van der Waals surface area contributed by atoms with Crippen molar-refractivity contribution in [2.45, 2.75) is 20.0 Å². The molecule has 0 radical (unpaired) electrons. The van der Waals surface area contributed by atoms with Crippen molar-refractivity contribution in [3.05, 3.63) is 29.8 Å². The van der Waals surface area contributed by atoms with Crippen LogP contribution in [0.1, 0.15) is 24.2 Å². The maximum absolute atomic E-state index is 12.0. The number of ketones is 1. The molecule has 0 heterocycles. The minimum Gasteiger partial charge on any atom is -0.508 e. The Balaban J connectivity index is 2.91. The first-order chi connectivity index (χ1) is 7.91. The highest BCUT2D eigenvalue weighted by Gasteiger charge is 2.26. The fourth-order valence-electron chi connectivity index (χ4n) is 1.41. The van der Waals surface area contributed by atoms with E-state index in [1.54, 1.807) is 13.8 Å². The molecular weight excluding hydrogens is 222 g/mol. The summed E-state index contributed by atoms with van der Waals surface area (Å²) in [5.74, 6) is -0.443. The number of phenols is 1. The first kappa shape index (κ1) is 13.0. The fraction of sp³-hybridized carbons (Fsp3) is 0.333. The van der Waals surface area contributed by atoms with Gasteiger partial charge in [-0.1, -0.05) is 13.8 Å². The van der Waals surface area contributed by atoms with Crippen molar-refractivity contribution < 1.29 is 19.4 Å². The summed E-state index contributed by atoms with van der Waals surface area (Å²) >= 11 is 0. The van der Waals surface area contributed by atoms with E-state index in [9.17, 15) is 9.59 Å². The minimum absolute atomic E-state index is 0.0680. The number of ether oxygens (including phenoxy) is 1. The molecule has 0 spiro atoms. The molecule has 0 aliphatic heterocycles. The normalized spacial score (nSPS) is 12.2. The Morgan fingerprint density at radius 2 is 1.76 bits per heavy atom. The molecule has 17 heavy (non-hydrogen) atoms. The van der Waals surface area contributed by atoms with Crippen molar-refractivity contribution in [2.24, 2.45) is 11.7 Å². The maximum Gasteiger partial charge on any atom is 0.405 e. The molecule has 5 nitrogen and oxygen atoms in total. The summed E-state index contributed by atoms with van der Waals surface area (Å²) in [5.41, 5.74) is 5.28. The molecule has 0 saturated heterocycles. The molecule has 0 bridgehead atoms. The largest absolute Gasteiger partial charge is 0.508 e. The number of amides is 1.